The van der Waals surface area contributed by atoms with Crippen molar-refractivity contribution in [1.82, 2.24) is 25.1 Å². The minimum atomic E-state index is -0.121. The first-order chi connectivity index (χ1) is 14.6. The average molecular weight is 407 g/mol. The van der Waals surface area contributed by atoms with Gasteiger partial charge in [0.05, 0.1) is 19.0 Å². The second-order valence-electron chi connectivity index (χ2n) is 7.35. The zero-order valence-corrected chi connectivity index (χ0v) is 17.1. The van der Waals surface area contributed by atoms with Crippen LogP contribution >= 0.6 is 0 Å². The lowest BCUT2D eigenvalue weighted by molar-refractivity contribution is 0.0880. The number of carbonyl (C=O) groups excluding carboxylic acids is 1. The van der Waals surface area contributed by atoms with E-state index in [0.29, 0.717) is 17.3 Å². The predicted molar refractivity (Wildman–Crippen MR) is 111 cm³/mol. The Morgan fingerprint density at radius 2 is 1.97 bits per heavy atom. The zero-order valence-electron chi connectivity index (χ0n) is 17.1. The van der Waals surface area contributed by atoms with E-state index < -0.39 is 0 Å². The molecular formula is C22H25N5O3. The molecule has 0 atom stereocenters. The molecule has 8 heteroatoms. The third-order valence-electron chi connectivity index (χ3n) is 5.33. The molecule has 30 heavy (non-hydrogen) atoms. The Kier molecular flexibility index (Phi) is 5.92. The summed E-state index contributed by atoms with van der Waals surface area (Å²) in [5.41, 5.74) is 2.09. The van der Waals surface area contributed by atoms with Gasteiger partial charge in [0.25, 0.3) is 5.91 Å². The Hall–Kier alpha value is -3.42. The van der Waals surface area contributed by atoms with E-state index in [-0.39, 0.29) is 18.1 Å². The molecule has 0 radical (unpaired) electrons. The van der Waals surface area contributed by atoms with Crippen LogP contribution in [0.4, 0.5) is 0 Å². The molecule has 3 aromatic rings. The van der Waals surface area contributed by atoms with E-state index >= 15 is 0 Å². The second kappa shape index (κ2) is 8.94. The number of rotatable bonds is 6. The molecule has 1 aromatic carbocycles. The number of nitrogens with one attached hydrogen (secondary N) is 1. The fraction of sp³-hybridized carbons (Fsp3) is 0.364. The van der Waals surface area contributed by atoms with Gasteiger partial charge < -0.3 is 14.8 Å². The Morgan fingerprint density at radius 3 is 2.70 bits per heavy atom. The third kappa shape index (κ3) is 4.42. The molecule has 1 saturated carbocycles. The number of amides is 1. The number of hydrogen-bond donors (Lipinski definition) is 1. The average Bonchev–Trinajstić information content (AvgIpc) is 3.17. The highest BCUT2D eigenvalue weighted by Gasteiger charge is 2.25. The third-order valence-corrected chi connectivity index (χ3v) is 5.33. The summed E-state index contributed by atoms with van der Waals surface area (Å²) in [6.45, 7) is 0. The summed E-state index contributed by atoms with van der Waals surface area (Å²) in [4.78, 5) is 21.0. The molecule has 1 aliphatic rings. The minimum Gasteiger partial charge on any atom is -0.496 e. The number of hydrogen-bond acceptors (Lipinski definition) is 6. The summed E-state index contributed by atoms with van der Waals surface area (Å²) in [6, 6.07) is 9.56. The Balaban J connectivity index is 1.36. The van der Waals surface area contributed by atoms with Crippen LogP contribution in [0.1, 0.15) is 36.2 Å². The number of methoxy groups -OCH3 is 1. The summed E-state index contributed by atoms with van der Waals surface area (Å²) in [6.07, 6.45) is 8.39. The van der Waals surface area contributed by atoms with Crippen molar-refractivity contribution in [2.24, 2.45) is 7.05 Å². The molecule has 0 saturated heterocycles. The lowest BCUT2D eigenvalue weighted by Crippen LogP contribution is -2.40. The second-order valence-corrected chi connectivity index (χ2v) is 7.35. The lowest BCUT2D eigenvalue weighted by Gasteiger charge is -2.29. The van der Waals surface area contributed by atoms with Gasteiger partial charge in [-0.1, -0.05) is 12.1 Å². The largest absolute Gasteiger partial charge is 0.496 e. The summed E-state index contributed by atoms with van der Waals surface area (Å²) >= 11 is 0. The van der Waals surface area contributed by atoms with Gasteiger partial charge in [-0.25, -0.2) is 4.98 Å². The molecule has 0 aliphatic heterocycles. The molecule has 0 bridgehead atoms. The van der Waals surface area contributed by atoms with Crippen molar-refractivity contribution in [3.05, 3.63) is 54.6 Å². The molecule has 1 N–H and O–H groups in total. The van der Waals surface area contributed by atoms with Crippen molar-refractivity contribution in [2.75, 3.05) is 7.11 Å². The normalized spacial score (nSPS) is 18.6. The van der Waals surface area contributed by atoms with Crippen molar-refractivity contribution in [3.63, 3.8) is 0 Å². The van der Waals surface area contributed by atoms with Gasteiger partial charge in [-0.3, -0.25) is 14.5 Å². The number of ether oxygens (including phenoxy) is 2. The van der Waals surface area contributed by atoms with E-state index in [0.717, 1.165) is 37.0 Å². The number of nitrogens with zero attached hydrogens (tertiary/aromatic N) is 4. The molecular weight excluding hydrogens is 382 g/mol. The van der Waals surface area contributed by atoms with Crippen LogP contribution in [0.15, 0.2) is 48.9 Å². The molecule has 2 heterocycles. The zero-order chi connectivity index (χ0) is 20.9. The predicted octanol–water partition coefficient (Wildman–Crippen LogP) is 3.01. The summed E-state index contributed by atoms with van der Waals surface area (Å²) < 4.78 is 12.9. The fourth-order valence-electron chi connectivity index (χ4n) is 3.77. The van der Waals surface area contributed by atoms with Gasteiger partial charge in [-0.2, -0.15) is 5.10 Å². The SMILES string of the molecule is COc1ccccc1-c1cc(C(=O)NC2CCC(Oc3cnccn3)CC2)n(C)n1. The highest BCUT2D eigenvalue weighted by Crippen LogP contribution is 2.29. The van der Waals surface area contributed by atoms with E-state index in [4.69, 9.17) is 9.47 Å². The van der Waals surface area contributed by atoms with E-state index in [2.05, 4.69) is 20.4 Å². The van der Waals surface area contributed by atoms with Crippen molar-refractivity contribution in [1.29, 1.82) is 0 Å². The number of aromatic nitrogens is 4. The smallest absolute Gasteiger partial charge is 0.269 e. The van der Waals surface area contributed by atoms with E-state index in [1.54, 1.807) is 43.5 Å². The molecule has 0 unspecified atom stereocenters. The maximum atomic E-state index is 12.9. The quantitative estimate of drug-likeness (QED) is 0.675. The topological polar surface area (TPSA) is 91.2 Å². The van der Waals surface area contributed by atoms with Gasteiger partial charge in [-0.15, -0.1) is 0 Å². The molecule has 1 fully saturated rings. The Bertz CT molecular complexity index is 997. The van der Waals surface area contributed by atoms with E-state index in [9.17, 15) is 4.79 Å². The first-order valence-corrected chi connectivity index (χ1v) is 10.0. The van der Waals surface area contributed by atoms with Crippen LogP contribution in [0.2, 0.25) is 0 Å². The monoisotopic (exact) mass is 407 g/mol. The summed E-state index contributed by atoms with van der Waals surface area (Å²) in [5.74, 6) is 1.15. The molecule has 8 nitrogen and oxygen atoms in total. The van der Waals surface area contributed by atoms with Gasteiger partial charge in [0, 0.05) is 31.0 Å². The van der Waals surface area contributed by atoms with Crippen molar-refractivity contribution in [2.45, 2.75) is 37.8 Å². The van der Waals surface area contributed by atoms with Gasteiger partial charge in [0.2, 0.25) is 5.88 Å². The lowest BCUT2D eigenvalue weighted by atomic mass is 9.93. The van der Waals surface area contributed by atoms with Crippen LogP contribution in [-0.2, 0) is 7.05 Å². The van der Waals surface area contributed by atoms with Gasteiger partial charge in [-0.05, 0) is 43.9 Å². The number of benzene rings is 1. The van der Waals surface area contributed by atoms with Crippen LogP contribution in [-0.4, -0.2) is 44.9 Å². The van der Waals surface area contributed by atoms with Crippen LogP contribution in [0.3, 0.4) is 0 Å². The highest BCUT2D eigenvalue weighted by atomic mass is 16.5. The van der Waals surface area contributed by atoms with Crippen molar-refractivity contribution < 1.29 is 14.3 Å². The molecule has 2 aromatic heterocycles. The maximum absolute atomic E-state index is 12.9. The van der Waals surface area contributed by atoms with Crippen LogP contribution in [0.25, 0.3) is 11.3 Å². The van der Waals surface area contributed by atoms with Crippen molar-refractivity contribution >= 4 is 5.91 Å². The fourth-order valence-corrected chi connectivity index (χ4v) is 3.77. The summed E-state index contributed by atoms with van der Waals surface area (Å²) in [5, 5.41) is 7.64. The number of carbonyl (C=O) groups is 1. The molecule has 0 spiro atoms. The Morgan fingerprint density at radius 1 is 1.17 bits per heavy atom. The first kappa shape index (κ1) is 19.9. The molecule has 1 aliphatic carbocycles. The van der Waals surface area contributed by atoms with Gasteiger partial charge in [0.1, 0.15) is 17.5 Å². The minimum absolute atomic E-state index is 0.101. The standard InChI is InChI=1S/C22H25N5O3/c1-27-19(13-18(26-27)17-5-3-4-6-20(17)29-2)22(28)25-15-7-9-16(10-8-15)30-21-14-23-11-12-24-21/h3-6,11-16H,7-10H2,1-2H3,(H,25,28). The number of aryl methyl sites for hydroxylation is 1. The molecule has 1 amide bonds. The van der Waals surface area contributed by atoms with Gasteiger partial charge >= 0.3 is 0 Å². The van der Waals surface area contributed by atoms with E-state index in [1.807, 2.05) is 24.3 Å². The van der Waals surface area contributed by atoms with Crippen molar-refractivity contribution in [3.8, 4) is 22.9 Å². The highest BCUT2D eigenvalue weighted by molar-refractivity contribution is 5.94. The first-order valence-electron chi connectivity index (χ1n) is 10.0. The summed E-state index contributed by atoms with van der Waals surface area (Å²) in [7, 11) is 3.40. The molecule has 4 rings (SSSR count). The maximum Gasteiger partial charge on any atom is 0.269 e. The van der Waals surface area contributed by atoms with Crippen LogP contribution < -0.4 is 14.8 Å². The Labute approximate surface area is 175 Å². The van der Waals surface area contributed by atoms with Crippen LogP contribution in [0.5, 0.6) is 11.6 Å². The molecule has 156 valence electrons. The van der Waals surface area contributed by atoms with Crippen LogP contribution in [0, 0.1) is 0 Å². The number of para-hydroxylation sites is 1. The van der Waals surface area contributed by atoms with E-state index in [1.165, 1.54) is 0 Å². The van der Waals surface area contributed by atoms with Gasteiger partial charge in [0.15, 0.2) is 0 Å².